The number of carbonyl (C=O) groups is 2. The van der Waals surface area contributed by atoms with Gasteiger partial charge in [0.2, 0.25) is 0 Å². The Morgan fingerprint density at radius 2 is 1.80 bits per heavy atom. The van der Waals surface area contributed by atoms with Crippen LogP contribution in [0.3, 0.4) is 0 Å². The number of likely N-dealkylation sites (N-methyl/N-ethyl adjacent to an activating group) is 1. The minimum atomic E-state index is -0.452. The molecule has 1 aromatic heterocycles. The number of urea groups is 1. The monoisotopic (exact) mass is 617 g/mol. The Hall–Kier alpha value is -3.99. The molecule has 3 N–H and O–H groups in total. The summed E-state index contributed by atoms with van der Waals surface area (Å²) < 4.78 is 12.8. The number of aromatic nitrogens is 1. The molecule has 242 valence electrons. The Morgan fingerprint density at radius 3 is 2.53 bits per heavy atom. The van der Waals surface area contributed by atoms with Crippen molar-refractivity contribution in [3.63, 3.8) is 0 Å². The average molecular weight is 618 g/mol. The number of fused-ring (bicyclic) bond motifs is 1. The molecule has 0 fully saturated rings. The highest BCUT2D eigenvalue weighted by atomic mass is 16.5. The van der Waals surface area contributed by atoms with Gasteiger partial charge in [-0.1, -0.05) is 25.1 Å². The third-order valence-electron chi connectivity index (χ3n) is 8.03. The van der Waals surface area contributed by atoms with Crippen LogP contribution in [-0.4, -0.2) is 83.4 Å². The van der Waals surface area contributed by atoms with Gasteiger partial charge in [0.1, 0.15) is 5.75 Å². The Bertz CT molecular complexity index is 1360. The maximum absolute atomic E-state index is 14.3. The number of para-hydroxylation sites is 1. The van der Waals surface area contributed by atoms with Crippen LogP contribution in [0.5, 0.6) is 5.75 Å². The molecule has 0 aliphatic carbocycles. The van der Waals surface area contributed by atoms with E-state index < -0.39 is 12.1 Å². The molecule has 10 nitrogen and oxygen atoms in total. The van der Waals surface area contributed by atoms with Gasteiger partial charge in [0.05, 0.1) is 30.4 Å². The van der Waals surface area contributed by atoms with Crippen molar-refractivity contribution < 1.29 is 24.2 Å². The highest BCUT2D eigenvalue weighted by Crippen LogP contribution is 2.28. The van der Waals surface area contributed by atoms with E-state index in [1.807, 2.05) is 44.2 Å². The zero-order valence-electron chi connectivity index (χ0n) is 26.8. The second kappa shape index (κ2) is 16.9. The summed E-state index contributed by atoms with van der Waals surface area (Å²) in [7, 11) is 2.07. The molecule has 0 unspecified atom stereocenters. The van der Waals surface area contributed by atoms with Gasteiger partial charge < -0.3 is 30.1 Å². The van der Waals surface area contributed by atoms with Crippen molar-refractivity contribution in [3.8, 4) is 5.75 Å². The van der Waals surface area contributed by atoms with Gasteiger partial charge in [-0.25, -0.2) is 4.79 Å². The SMILES string of the molecule is C[C@@H]1CCCCO[C@H](CN(C)Cc2ccncc2)[C@@H](C)CN([C@H](C)CO)C(=O)c2cc(NC(=O)Nc3ccccc3)ccc2O1. The van der Waals surface area contributed by atoms with Gasteiger partial charge in [0.25, 0.3) is 5.91 Å². The summed E-state index contributed by atoms with van der Waals surface area (Å²) in [5, 5.41) is 15.8. The van der Waals surface area contributed by atoms with E-state index in [4.69, 9.17) is 9.47 Å². The molecule has 0 saturated heterocycles. The summed E-state index contributed by atoms with van der Waals surface area (Å²) in [6, 6.07) is 17.4. The van der Waals surface area contributed by atoms with E-state index >= 15 is 0 Å². The van der Waals surface area contributed by atoms with Crippen LogP contribution in [0.2, 0.25) is 0 Å². The van der Waals surface area contributed by atoms with E-state index in [0.29, 0.717) is 42.4 Å². The number of nitrogens with zero attached hydrogens (tertiary/aromatic N) is 3. The number of hydrogen-bond donors (Lipinski definition) is 3. The van der Waals surface area contributed by atoms with E-state index in [-0.39, 0.29) is 30.6 Å². The van der Waals surface area contributed by atoms with Crippen LogP contribution in [0.25, 0.3) is 0 Å². The lowest BCUT2D eigenvalue weighted by Gasteiger charge is -2.36. The van der Waals surface area contributed by atoms with Gasteiger partial charge in [-0.3, -0.25) is 14.7 Å². The number of ether oxygens (including phenoxy) is 2. The van der Waals surface area contributed by atoms with Crippen molar-refractivity contribution in [2.75, 3.05) is 44.0 Å². The molecule has 3 amide bonds. The number of aliphatic hydroxyl groups excluding tert-OH is 1. The fourth-order valence-electron chi connectivity index (χ4n) is 5.45. The summed E-state index contributed by atoms with van der Waals surface area (Å²) >= 11 is 0. The van der Waals surface area contributed by atoms with Gasteiger partial charge >= 0.3 is 6.03 Å². The minimum Gasteiger partial charge on any atom is -0.490 e. The topological polar surface area (TPSA) is 116 Å². The largest absolute Gasteiger partial charge is 0.490 e. The standard InChI is InChI=1S/C35H47N5O5/c1-25-21-40(26(2)24-41)34(42)31-20-30(38-35(43)37-29-11-6-5-7-12-29)13-14-32(31)45-27(3)10-8-9-19-44-33(25)23-39(4)22-28-15-17-36-18-16-28/h5-7,11-18,20,25-27,33,41H,8-10,19,21-24H2,1-4H3,(H2,37,38,43)/t25-,26+,27+,33+/m0/s1. The predicted octanol–water partition coefficient (Wildman–Crippen LogP) is 5.65. The fraction of sp³-hybridized carbons (Fsp3) is 0.457. The van der Waals surface area contributed by atoms with Crippen LogP contribution < -0.4 is 15.4 Å². The summed E-state index contributed by atoms with van der Waals surface area (Å²) in [6.07, 6.45) is 5.94. The maximum Gasteiger partial charge on any atom is 0.323 e. The van der Waals surface area contributed by atoms with Crippen LogP contribution in [-0.2, 0) is 11.3 Å². The third-order valence-corrected chi connectivity index (χ3v) is 8.03. The quantitative estimate of drug-likeness (QED) is 0.299. The van der Waals surface area contributed by atoms with E-state index in [1.54, 1.807) is 47.6 Å². The molecule has 2 heterocycles. The number of aliphatic hydroxyl groups is 1. The van der Waals surface area contributed by atoms with E-state index in [1.165, 1.54) is 5.56 Å². The first kappa shape index (κ1) is 33.9. The van der Waals surface area contributed by atoms with Gasteiger partial charge in [-0.15, -0.1) is 0 Å². The van der Waals surface area contributed by atoms with Crippen LogP contribution in [0, 0.1) is 5.92 Å². The molecule has 4 rings (SSSR count). The van der Waals surface area contributed by atoms with Crippen LogP contribution >= 0.6 is 0 Å². The van der Waals surface area contributed by atoms with Gasteiger partial charge in [-0.2, -0.15) is 0 Å². The number of pyridine rings is 1. The summed E-state index contributed by atoms with van der Waals surface area (Å²) in [4.78, 5) is 35.1. The molecule has 0 radical (unpaired) electrons. The number of benzene rings is 2. The Kier molecular flexibility index (Phi) is 12.7. The lowest BCUT2D eigenvalue weighted by molar-refractivity contribution is -0.0177. The first-order valence-corrected chi connectivity index (χ1v) is 15.8. The zero-order valence-corrected chi connectivity index (χ0v) is 26.8. The van der Waals surface area contributed by atoms with Crippen molar-refractivity contribution >= 4 is 23.3 Å². The first-order chi connectivity index (χ1) is 21.7. The van der Waals surface area contributed by atoms with Crippen molar-refractivity contribution in [1.29, 1.82) is 0 Å². The smallest absolute Gasteiger partial charge is 0.323 e. The normalized spacial score (nSPS) is 20.4. The summed E-state index contributed by atoms with van der Waals surface area (Å²) in [5.41, 5.74) is 2.61. The molecule has 1 aliphatic rings. The number of anilines is 2. The molecular weight excluding hydrogens is 570 g/mol. The fourth-order valence-corrected chi connectivity index (χ4v) is 5.45. The molecule has 0 spiro atoms. The highest BCUT2D eigenvalue weighted by Gasteiger charge is 2.30. The summed E-state index contributed by atoms with van der Waals surface area (Å²) in [5.74, 6) is 0.136. The number of hydrogen-bond acceptors (Lipinski definition) is 7. The highest BCUT2D eigenvalue weighted by molar-refractivity contribution is 6.02. The Balaban J connectivity index is 1.59. The van der Waals surface area contributed by atoms with Crippen molar-refractivity contribution in [2.24, 2.45) is 5.92 Å². The molecule has 0 bridgehead atoms. The molecule has 45 heavy (non-hydrogen) atoms. The second-order valence-electron chi connectivity index (χ2n) is 12.0. The number of carbonyl (C=O) groups excluding carboxylic acids is 2. The van der Waals surface area contributed by atoms with Crippen LogP contribution in [0.1, 0.15) is 56.0 Å². The molecule has 1 aliphatic heterocycles. The van der Waals surface area contributed by atoms with Crippen LogP contribution in [0.4, 0.5) is 16.2 Å². The average Bonchev–Trinajstić information content (AvgIpc) is 3.03. The van der Waals surface area contributed by atoms with Crippen LogP contribution in [0.15, 0.2) is 73.1 Å². The number of amides is 3. The number of rotatable bonds is 8. The van der Waals surface area contributed by atoms with Crippen molar-refractivity contribution in [2.45, 2.75) is 64.8 Å². The molecule has 2 aromatic carbocycles. The molecular formula is C35H47N5O5. The van der Waals surface area contributed by atoms with E-state index in [2.05, 4.69) is 34.5 Å². The Labute approximate surface area is 266 Å². The van der Waals surface area contributed by atoms with Gasteiger partial charge in [-0.05, 0) is 88.2 Å². The van der Waals surface area contributed by atoms with Gasteiger partial charge in [0, 0.05) is 55.9 Å². The molecule has 0 saturated carbocycles. The van der Waals surface area contributed by atoms with Gasteiger partial charge in [0.15, 0.2) is 0 Å². The molecule has 10 heteroatoms. The third kappa shape index (κ3) is 10.3. The lowest BCUT2D eigenvalue weighted by atomic mass is 10.0. The number of nitrogens with one attached hydrogen (secondary N) is 2. The predicted molar refractivity (Wildman–Crippen MR) is 177 cm³/mol. The molecule has 3 aromatic rings. The minimum absolute atomic E-state index is 0.0352. The molecule has 4 atom stereocenters. The maximum atomic E-state index is 14.3. The lowest BCUT2D eigenvalue weighted by Crippen LogP contribution is -2.47. The second-order valence-corrected chi connectivity index (χ2v) is 12.0. The van der Waals surface area contributed by atoms with Crippen molar-refractivity contribution in [1.82, 2.24) is 14.8 Å². The summed E-state index contributed by atoms with van der Waals surface area (Å²) in [6.45, 7) is 8.13. The zero-order chi connectivity index (χ0) is 32.2. The first-order valence-electron chi connectivity index (χ1n) is 15.8. The van der Waals surface area contributed by atoms with E-state index in [9.17, 15) is 14.7 Å². The van der Waals surface area contributed by atoms with Crippen molar-refractivity contribution in [3.05, 3.63) is 84.2 Å². The Morgan fingerprint density at radius 1 is 1.07 bits per heavy atom. The van der Waals surface area contributed by atoms with E-state index in [0.717, 1.165) is 25.8 Å².